The molecule has 0 aliphatic heterocycles. The predicted octanol–water partition coefficient (Wildman–Crippen LogP) is 4.63. The topological polar surface area (TPSA) is 12.0 Å². The average Bonchev–Trinajstić information content (AvgIpc) is 2.39. The third-order valence-corrected chi connectivity index (χ3v) is 3.96. The van der Waals surface area contributed by atoms with Gasteiger partial charge in [-0.25, -0.2) is 0 Å². The largest absolute Gasteiger partial charge is 0.381 e. The normalized spacial score (nSPS) is 10.2. The Morgan fingerprint density at radius 3 is 2.24 bits per heavy atom. The molecule has 0 amide bonds. The van der Waals surface area contributed by atoms with Crippen molar-refractivity contribution in [1.82, 2.24) is 0 Å². The minimum absolute atomic E-state index is 0.871. The molecule has 2 aromatic rings. The summed E-state index contributed by atoms with van der Waals surface area (Å²) in [5, 5.41) is 3.42. The first kappa shape index (κ1) is 12.8. The van der Waals surface area contributed by atoms with Crippen LogP contribution < -0.4 is 5.32 Å². The van der Waals surface area contributed by atoms with Gasteiger partial charge >= 0.3 is 0 Å². The third-order valence-electron chi connectivity index (χ3n) is 2.50. The van der Waals surface area contributed by atoms with Crippen LogP contribution >= 0.6 is 34.4 Å². The zero-order valence-corrected chi connectivity index (χ0v) is 12.6. The number of halogens is 1. The fraction of sp³-hybridized carbons (Fsp3) is 0.143. The number of hydrogen-bond donors (Lipinski definition) is 1. The van der Waals surface area contributed by atoms with Crippen molar-refractivity contribution in [3.8, 4) is 0 Å². The lowest BCUT2D eigenvalue weighted by Crippen LogP contribution is -1.98. The number of rotatable bonds is 4. The van der Waals surface area contributed by atoms with Crippen LogP contribution in [0.2, 0.25) is 0 Å². The Hall–Kier alpha value is -0.680. The van der Waals surface area contributed by atoms with Crippen LogP contribution in [0.25, 0.3) is 0 Å². The summed E-state index contributed by atoms with van der Waals surface area (Å²) in [5.41, 5.74) is 2.47. The molecule has 0 aliphatic carbocycles. The average molecular weight is 355 g/mol. The summed E-state index contributed by atoms with van der Waals surface area (Å²) >= 11 is 4.09. The first-order valence-electron chi connectivity index (χ1n) is 5.40. The summed E-state index contributed by atoms with van der Waals surface area (Å²) in [6.45, 7) is 0.871. The number of nitrogens with one attached hydrogen (secondary N) is 1. The molecule has 17 heavy (non-hydrogen) atoms. The quantitative estimate of drug-likeness (QED) is 0.634. The van der Waals surface area contributed by atoms with E-state index in [9.17, 15) is 0 Å². The summed E-state index contributed by atoms with van der Waals surface area (Å²) in [5.74, 6) is 0. The van der Waals surface area contributed by atoms with Gasteiger partial charge in [-0.2, -0.15) is 0 Å². The Morgan fingerprint density at radius 2 is 1.65 bits per heavy atom. The van der Waals surface area contributed by atoms with Gasteiger partial charge in [0.05, 0.1) is 0 Å². The first-order chi connectivity index (χ1) is 8.28. The number of anilines is 1. The number of hydrogen-bond acceptors (Lipinski definition) is 2. The van der Waals surface area contributed by atoms with Crippen molar-refractivity contribution in [2.75, 3.05) is 11.6 Å². The van der Waals surface area contributed by atoms with Gasteiger partial charge in [-0.05, 0) is 70.8 Å². The SMILES string of the molecule is CSc1ccc(NCc2ccc(I)cc2)cc1. The van der Waals surface area contributed by atoms with Crippen molar-refractivity contribution in [2.24, 2.45) is 0 Å². The Labute approximate surface area is 120 Å². The van der Waals surface area contributed by atoms with Crippen LogP contribution in [-0.2, 0) is 6.54 Å². The van der Waals surface area contributed by atoms with E-state index >= 15 is 0 Å². The molecular formula is C14H14INS. The predicted molar refractivity (Wildman–Crippen MR) is 84.7 cm³/mol. The van der Waals surface area contributed by atoms with Gasteiger partial charge in [0.15, 0.2) is 0 Å². The summed E-state index contributed by atoms with van der Waals surface area (Å²) in [7, 11) is 0. The van der Waals surface area contributed by atoms with Gasteiger partial charge in [-0.3, -0.25) is 0 Å². The Balaban J connectivity index is 1.95. The standard InChI is InChI=1S/C14H14INS/c1-17-14-8-6-13(7-9-14)16-10-11-2-4-12(15)5-3-11/h2-9,16H,10H2,1H3. The van der Waals surface area contributed by atoms with Crippen LogP contribution in [0.4, 0.5) is 5.69 Å². The van der Waals surface area contributed by atoms with Gasteiger partial charge < -0.3 is 5.32 Å². The first-order valence-corrected chi connectivity index (χ1v) is 7.70. The van der Waals surface area contributed by atoms with Gasteiger partial charge in [0, 0.05) is 20.7 Å². The lowest BCUT2D eigenvalue weighted by Gasteiger charge is -2.07. The highest BCUT2D eigenvalue weighted by Gasteiger charge is 1.95. The van der Waals surface area contributed by atoms with Crippen molar-refractivity contribution in [3.63, 3.8) is 0 Å². The summed E-state index contributed by atoms with van der Waals surface area (Å²) < 4.78 is 1.27. The minimum Gasteiger partial charge on any atom is -0.381 e. The highest BCUT2D eigenvalue weighted by molar-refractivity contribution is 14.1. The summed E-state index contributed by atoms with van der Waals surface area (Å²) in [4.78, 5) is 1.30. The smallest absolute Gasteiger partial charge is 0.0400 e. The van der Waals surface area contributed by atoms with E-state index in [1.807, 2.05) is 0 Å². The van der Waals surface area contributed by atoms with Gasteiger partial charge in [0.2, 0.25) is 0 Å². The van der Waals surface area contributed by atoms with E-state index in [1.54, 1.807) is 11.8 Å². The van der Waals surface area contributed by atoms with Gasteiger partial charge in [-0.15, -0.1) is 11.8 Å². The van der Waals surface area contributed by atoms with Gasteiger partial charge in [0.1, 0.15) is 0 Å². The van der Waals surface area contributed by atoms with Crippen molar-refractivity contribution >= 4 is 40.0 Å². The van der Waals surface area contributed by atoms with Crippen molar-refractivity contribution < 1.29 is 0 Å². The van der Waals surface area contributed by atoms with Crippen LogP contribution in [0, 0.1) is 3.57 Å². The molecule has 0 bridgehead atoms. The molecule has 0 saturated carbocycles. The van der Waals surface area contributed by atoms with E-state index in [1.165, 1.54) is 19.7 Å². The van der Waals surface area contributed by atoms with Crippen LogP contribution in [0.1, 0.15) is 5.56 Å². The van der Waals surface area contributed by atoms with E-state index in [2.05, 4.69) is 82.7 Å². The van der Waals surface area contributed by atoms with E-state index in [4.69, 9.17) is 0 Å². The van der Waals surface area contributed by atoms with E-state index in [-0.39, 0.29) is 0 Å². The Morgan fingerprint density at radius 1 is 1.00 bits per heavy atom. The maximum atomic E-state index is 3.42. The van der Waals surface area contributed by atoms with Crippen LogP contribution in [0.15, 0.2) is 53.4 Å². The molecule has 0 radical (unpaired) electrons. The van der Waals surface area contributed by atoms with E-state index < -0.39 is 0 Å². The third kappa shape index (κ3) is 3.92. The molecule has 2 aromatic carbocycles. The monoisotopic (exact) mass is 355 g/mol. The molecule has 0 spiro atoms. The second-order valence-electron chi connectivity index (χ2n) is 3.71. The molecule has 0 saturated heterocycles. The molecule has 1 N–H and O–H groups in total. The summed E-state index contributed by atoms with van der Waals surface area (Å²) in [6.07, 6.45) is 2.09. The van der Waals surface area contributed by atoms with Gasteiger partial charge in [-0.1, -0.05) is 12.1 Å². The maximum absolute atomic E-state index is 3.42. The molecule has 0 fully saturated rings. The molecule has 0 heterocycles. The van der Waals surface area contributed by atoms with Gasteiger partial charge in [0.25, 0.3) is 0 Å². The zero-order chi connectivity index (χ0) is 12.1. The zero-order valence-electron chi connectivity index (χ0n) is 9.61. The highest BCUT2D eigenvalue weighted by Crippen LogP contribution is 2.18. The molecule has 1 nitrogen and oxygen atoms in total. The van der Waals surface area contributed by atoms with Crippen molar-refractivity contribution in [3.05, 3.63) is 57.7 Å². The van der Waals surface area contributed by atoms with E-state index in [0.29, 0.717) is 0 Å². The van der Waals surface area contributed by atoms with Crippen LogP contribution in [0.5, 0.6) is 0 Å². The fourth-order valence-corrected chi connectivity index (χ4v) is 2.28. The lowest BCUT2D eigenvalue weighted by molar-refractivity contribution is 1.14. The second-order valence-corrected chi connectivity index (χ2v) is 5.83. The second kappa shape index (κ2) is 6.31. The number of benzene rings is 2. The van der Waals surface area contributed by atoms with E-state index in [0.717, 1.165) is 6.54 Å². The fourth-order valence-electron chi connectivity index (χ4n) is 1.52. The molecule has 0 atom stereocenters. The molecule has 0 aliphatic rings. The molecule has 0 unspecified atom stereocenters. The molecule has 3 heteroatoms. The Bertz CT molecular complexity index is 465. The van der Waals surface area contributed by atoms with Crippen LogP contribution in [0.3, 0.4) is 0 Å². The molecular weight excluding hydrogens is 341 g/mol. The Kier molecular flexibility index (Phi) is 4.74. The maximum Gasteiger partial charge on any atom is 0.0400 e. The van der Waals surface area contributed by atoms with Crippen molar-refractivity contribution in [1.29, 1.82) is 0 Å². The van der Waals surface area contributed by atoms with Crippen molar-refractivity contribution in [2.45, 2.75) is 11.4 Å². The van der Waals surface area contributed by atoms with Crippen LogP contribution in [-0.4, -0.2) is 6.26 Å². The molecule has 88 valence electrons. The molecule has 2 rings (SSSR count). The summed E-state index contributed by atoms with van der Waals surface area (Å²) in [6, 6.07) is 17.1. The lowest BCUT2D eigenvalue weighted by atomic mass is 10.2. The minimum atomic E-state index is 0.871. The highest BCUT2D eigenvalue weighted by atomic mass is 127. The number of thioether (sulfide) groups is 1. The molecule has 0 aromatic heterocycles.